The zero-order chi connectivity index (χ0) is 13.0. The molecule has 1 aromatic heterocycles. The monoisotopic (exact) mass is 268 g/mol. The molecule has 4 nitrogen and oxygen atoms in total. The van der Waals surface area contributed by atoms with Gasteiger partial charge in [-0.3, -0.25) is 0 Å². The third-order valence-corrected chi connectivity index (χ3v) is 4.40. The zero-order valence-corrected chi connectivity index (χ0v) is 11.5. The average Bonchev–Trinajstić information content (AvgIpc) is 2.78. The Morgan fingerprint density at radius 2 is 2.44 bits per heavy atom. The van der Waals surface area contributed by atoms with E-state index >= 15 is 0 Å². The lowest BCUT2D eigenvalue weighted by molar-refractivity contribution is 0.0702. The van der Waals surface area contributed by atoms with Gasteiger partial charge < -0.3 is 15.3 Å². The number of hydrogen-bond acceptors (Lipinski definition) is 4. The van der Waals surface area contributed by atoms with Gasteiger partial charge in [-0.15, -0.1) is 11.3 Å². The van der Waals surface area contributed by atoms with Crippen LogP contribution in [-0.2, 0) is 6.54 Å². The summed E-state index contributed by atoms with van der Waals surface area (Å²) in [6.45, 7) is 4.17. The Hall–Kier alpha value is -0.910. The van der Waals surface area contributed by atoms with Crippen molar-refractivity contribution in [2.45, 2.75) is 19.4 Å². The first-order chi connectivity index (χ1) is 8.65. The molecular weight excluding hydrogens is 248 g/mol. The topological polar surface area (TPSA) is 52.6 Å². The first kappa shape index (κ1) is 13.5. The fourth-order valence-electron chi connectivity index (χ4n) is 2.43. The molecule has 1 aliphatic rings. The van der Waals surface area contributed by atoms with E-state index in [1.807, 2.05) is 6.07 Å². The molecule has 0 saturated carbocycles. The summed E-state index contributed by atoms with van der Waals surface area (Å²) in [4.78, 5) is 14.6. The highest BCUT2D eigenvalue weighted by Crippen LogP contribution is 2.17. The summed E-state index contributed by atoms with van der Waals surface area (Å²) in [6.07, 6.45) is 2.58. The van der Waals surface area contributed by atoms with Crippen molar-refractivity contribution in [3.8, 4) is 0 Å². The summed E-state index contributed by atoms with van der Waals surface area (Å²) in [5, 5.41) is 12.3. The number of carboxylic acid groups (broad SMARTS) is 1. The normalized spacial score (nSPS) is 21.1. The van der Waals surface area contributed by atoms with Crippen molar-refractivity contribution in [2.75, 3.05) is 26.7 Å². The van der Waals surface area contributed by atoms with Crippen molar-refractivity contribution < 1.29 is 9.90 Å². The zero-order valence-electron chi connectivity index (χ0n) is 10.7. The summed E-state index contributed by atoms with van der Waals surface area (Å²) < 4.78 is 0. The second kappa shape index (κ2) is 6.31. The predicted octanol–water partition coefficient (Wildman–Crippen LogP) is 1.88. The van der Waals surface area contributed by atoms with Crippen LogP contribution in [0, 0.1) is 5.92 Å². The lowest BCUT2D eigenvalue weighted by Gasteiger charge is -2.29. The van der Waals surface area contributed by atoms with Gasteiger partial charge in [0.1, 0.15) is 4.88 Å². The summed E-state index contributed by atoms with van der Waals surface area (Å²) in [7, 11) is 2.17. The van der Waals surface area contributed by atoms with E-state index in [9.17, 15) is 4.79 Å². The largest absolute Gasteiger partial charge is 0.477 e. The number of aromatic carboxylic acids is 1. The molecule has 0 aromatic carbocycles. The van der Waals surface area contributed by atoms with E-state index in [0.29, 0.717) is 4.88 Å². The quantitative estimate of drug-likeness (QED) is 0.856. The lowest BCUT2D eigenvalue weighted by Crippen LogP contribution is -2.37. The van der Waals surface area contributed by atoms with Crippen molar-refractivity contribution in [1.82, 2.24) is 10.2 Å². The molecule has 1 atom stereocenters. The molecule has 1 saturated heterocycles. The van der Waals surface area contributed by atoms with Crippen LogP contribution in [0.15, 0.2) is 12.1 Å². The van der Waals surface area contributed by atoms with Gasteiger partial charge in [0.15, 0.2) is 0 Å². The van der Waals surface area contributed by atoms with Crippen molar-refractivity contribution in [3.63, 3.8) is 0 Å². The molecule has 100 valence electrons. The lowest BCUT2D eigenvalue weighted by atomic mass is 9.98. The Morgan fingerprint density at radius 3 is 3.11 bits per heavy atom. The van der Waals surface area contributed by atoms with Crippen LogP contribution in [0.25, 0.3) is 0 Å². The first-order valence-corrected chi connectivity index (χ1v) is 7.18. The summed E-state index contributed by atoms with van der Waals surface area (Å²) in [6, 6.07) is 3.58. The molecule has 1 unspecified atom stereocenters. The van der Waals surface area contributed by atoms with Crippen molar-refractivity contribution in [2.24, 2.45) is 5.92 Å². The van der Waals surface area contributed by atoms with Crippen LogP contribution < -0.4 is 5.32 Å². The molecule has 0 bridgehead atoms. The molecule has 1 fully saturated rings. The third-order valence-electron chi connectivity index (χ3n) is 3.33. The van der Waals surface area contributed by atoms with E-state index in [0.717, 1.165) is 30.4 Å². The van der Waals surface area contributed by atoms with Gasteiger partial charge in [-0.1, -0.05) is 0 Å². The molecule has 2 rings (SSSR count). The minimum absolute atomic E-state index is 0.421. The fraction of sp³-hybridized carbons (Fsp3) is 0.615. The highest BCUT2D eigenvalue weighted by Gasteiger charge is 2.16. The molecule has 5 heteroatoms. The number of thiophene rings is 1. The third kappa shape index (κ3) is 3.80. The van der Waals surface area contributed by atoms with E-state index in [4.69, 9.17) is 5.11 Å². The number of carbonyl (C=O) groups is 1. The van der Waals surface area contributed by atoms with Gasteiger partial charge in [0.25, 0.3) is 0 Å². The van der Waals surface area contributed by atoms with E-state index in [1.165, 1.54) is 30.7 Å². The Morgan fingerprint density at radius 1 is 1.61 bits per heavy atom. The van der Waals surface area contributed by atoms with Crippen LogP contribution >= 0.6 is 11.3 Å². The van der Waals surface area contributed by atoms with Crippen LogP contribution in [0.4, 0.5) is 0 Å². The number of carboxylic acids is 1. The van der Waals surface area contributed by atoms with Gasteiger partial charge >= 0.3 is 5.97 Å². The van der Waals surface area contributed by atoms with E-state index < -0.39 is 5.97 Å². The molecule has 0 radical (unpaired) electrons. The molecule has 1 aliphatic heterocycles. The summed E-state index contributed by atoms with van der Waals surface area (Å²) >= 11 is 1.36. The average molecular weight is 268 g/mol. The molecule has 0 aliphatic carbocycles. The number of nitrogens with one attached hydrogen (secondary N) is 1. The Balaban J connectivity index is 1.72. The van der Waals surface area contributed by atoms with Crippen molar-refractivity contribution in [3.05, 3.63) is 21.9 Å². The number of piperidine rings is 1. The maximum absolute atomic E-state index is 10.8. The van der Waals surface area contributed by atoms with Crippen LogP contribution in [0.2, 0.25) is 0 Å². The molecule has 2 heterocycles. The molecule has 1 aromatic rings. The number of rotatable bonds is 5. The second-order valence-electron chi connectivity index (χ2n) is 4.97. The van der Waals surface area contributed by atoms with E-state index in [-0.39, 0.29) is 0 Å². The summed E-state index contributed by atoms with van der Waals surface area (Å²) in [5.41, 5.74) is 0. The maximum Gasteiger partial charge on any atom is 0.345 e. The number of hydrogen-bond donors (Lipinski definition) is 2. The number of likely N-dealkylation sites (tertiary alicyclic amines) is 1. The standard InChI is InChI=1S/C13H20N2O2S/c1-15-6-2-3-10(9-15)7-14-8-11-4-5-12(18-11)13(16)17/h4-5,10,14H,2-3,6-9H2,1H3,(H,16,17). The van der Waals surface area contributed by atoms with Crippen LogP contribution in [0.5, 0.6) is 0 Å². The Labute approximate surface area is 112 Å². The minimum Gasteiger partial charge on any atom is -0.477 e. The second-order valence-corrected chi connectivity index (χ2v) is 6.14. The van der Waals surface area contributed by atoms with Crippen molar-refractivity contribution in [1.29, 1.82) is 0 Å². The van der Waals surface area contributed by atoms with Gasteiger partial charge in [0, 0.05) is 18.0 Å². The van der Waals surface area contributed by atoms with Gasteiger partial charge in [-0.2, -0.15) is 0 Å². The summed E-state index contributed by atoms with van der Waals surface area (Å²) in [5.74, 6) is -0.109. The first-order valence-electron chi connectivity index (χ1n) is 6.36. The highest BCUT2D eigenvalue weighted by atomic mass is 32.1. The smallest absolute Gasteiger partial charge is 0.345 e. The maximum atomic E-state index is 10.8. The van der Waals surface area contributed by atoms with Crippen LogP contribution in [0.3, 0.4) is 0 Å². The predicted molar refractivity (Wildman–Crippen MR) is 73.2 cm³/mol. The minimum atomic E-state index is -0.833. The van der Waals surface area contributed by atoms with Gasteiger partial charge in [0.2, 0.25) is 0 Å². The highest BCUT2D eigenvalue weighted by molar-refractivity contribution is 7.13. The van der Waals surface area contributed by atoms with Gasteiger partial charge in [0.05, 0.1) is 0 Å². The van der Waals surface area contributed by atoms with Crippen molar-refractivity contribution >= 4 is 17.3 Å². The molecular formula is C13H20N2O2S. The van der Waals surface area contributed by atoms with Gasteiger partial charge in [-0.05, 0) is 51.0 Å². The molecule has 0 spiro atoms. The molecule has 18 heavy (non-hydrogen) atoms. The van der Waals surface area contributed by atoms with E-state index in [1.54, 1.807) is 6.07 Å². The number of nitrogens with zero attached hydrogens (tertiary/aromatic N) is 1. The van der Waals surface area contributed by atoms with Crippen LogP contribution in [-0.4, -0.2) is 42.7 Å². The van der Waals surface area contributed by atoms with Crippen LogP contribution in [0.1, 0.15) is 27.4 Å². The molecule has 2 N–H and O–H groups in total. The SMILES string of the molecule is CN1CCCC(CNCc2ccc(C(=O)O)s2)C1. The Kier molecular flexibility index (Phi) is 4.74. The van der Waals surface area contributed by atoms with E-state index in [2.05, 4.69) is 17.3 Å². The van der Waals surface area contributed by atoms with Gasteiger partial charge in [-0.25, -0.2) is 4.79 Å². The molecule has 0 amide bonds. The Bertz CT molecular complexity index is 405. The fourth-order valence-corrected chi connectivity index (χ4v) is 3.24.